The van der Waals surface area contributed by atoms with Crippen LogP contribution in [0.3, 0.4) is 0 Å². The summed E-state index contributed by atoms with van der Waals surface area (Å²) in [4.78, 5) is 24.5. The highest BCUT2D eigenvalue weighted by molar-refractivity contribution is 6.04. The van der Waals surface area contributed by atoms with Crippen LogP contribution in [-0.2, 0) is 4.79 Å². The summed E-state index contributed by atoms with van der Waals surface area (Å²) in [6, 6.07) is 8.32. The molecule has 0 aliphatic carbocycles. The summed E-state index contributed by atoms with van der Waals surface area (Å²) in [5, 5.41) is 5.18. The first-order valence-electron chi connectivity index (χ1n) is 7.52. The van der Waals surface area contributed by atoms with Gasteiger partial charge in [0.15, 0.2) is 17.3 Å². The summed E-state index contributed by atoms with van der Waals surface area (Å²) < 4.78 is 15.6. The Morgan fingerprint density at radius 1 is 1.20 bits per heavy atom. The molecule has 0 unspecified atom stereocenters. The highest BCUT2D eigenvalue weighted by Gasteiger charge is 2.17. The number of fused-ring (bicyclic) bond motifs is 1. The van der Waals surface area contributed by atoms with E-state index in [1.807, 2.05) is 0 Å². The van der Waals surface area contributed by atoms with Crippen molar-refractivity contribution < 1.29 is 23.5 Å². The molecule has 1 aromatic carbocycles. The molecule has 7 nitrogen and oxygen atoms in total. The maximum atomic E-state index is 12.3. The molecule has 7 heteroatoms. The van der Waals surface area contributed by atoms with Gasteiger partial charge < -0.3 is 24.5 Å². The monoisotopic (exact) mass is 340 g/mol. The maximum absolute atomic E-state index is 12.3. The van der Waals surface area contributed by atoms with Crippen molar-refractivity contribution in [2.24, 2.45) is 0 Å². The first kappa shape index (κ1) is 16.4. The Hall–Kier alpha value is -3.48. The number of nitrogens with one attached hydrogen (secondary N) is 2. The molecular weight excluding hydrogens is 324 g/mol. The molecule has 0 saturated heterocycles. The van der Waals surface area contributed by atoms with Gasteiger partial charge in [0.2, 0.25) is 6.79 Å². The number of benzene rings is 1. The van der Waals surface area contributed by atoms with Gasteiger partial charge in [-0.3, -0.25) is 9.59 Å². The minimum atomic E-state index is -0.522. The van der Waals surface area contributed by atoms with Gasteiger partial charge in [-0.1, -0.05) is 12.1 Å². The Morgan fingerprint density at radius 3 is 2.80 bits per heavy atom. The highest BCUT2D eigenvalue weighted by Crippen LogP contribution is 2.33. The third kappa shape index (κ3) is 3.89. The van der Waals surface area contributed by atoms with E-state index in [2.05, 4.69) is 17.2 Å². The largest absolute Gasteiger partial charge is 0.459 e. The summed E-state index contributed by atoms with van der Waals surface area (Å²) in [5.74, 6) is 0.350. The first-order chi connectivity index (χ1) is 12.2. The van der Waals surface area contributed by atoms with Crippen LogP contribution in [0.15, 0.2) is 59.4 Å². The fourth-order valence-electron chi connectivity index (χ4n) is 2.18. The Kier molecular flexibility index (Phi) is 4.84. The zero-order valence-electron chi connectivity index (χ0n) is 13.3. The van der Waals surface area contributed by atoms with Crippen LogP contribution in [0, 0.1) is 0 Å². The molecule has 1 aromatic heterocycles. The number of hydrogen-bond donors (Lipinski definition) is 2. The van der Waals surface area contributed by atoms with Crippen LogP contribution in [0.25, 0.3) is 6.08 Å². The van der Waals surface area contributed by atoms with Gasteiger partial charge in [-0.05, 0) is 35.9 Å². The molecule has 0 spiro atoms. The second-order valence-electron chi connectivity index (χ2n) is 5.10. The van der Waals surface area contributed by atoms with Crippen molar-refractivity contribution in [3.63, 3.8) is 0 Å². The fraction of sp³-hybridized carbons (Fsp3) is 0.111. The lowest BCUT2D eigenvalue weighted by atomic mass is 10.1. The molecule has 1 aliphatic rings. The van der Waals surface area contributed by atoms with E-state index < -0.39 is 11.8 Å². The molecule has 0 bridgehead atoms. The third-order valence-corrected chi connectivity index (χ3v) is 3.35. The molecule has 0 atom stereocenters. The number of carbonyl (C=O) groups is 2. The predicted molar refractivity (Wildman–Crippen MR) is 89.9 cm³/mol. The van der Waals surface area contributed by atoms with E-state index in [-0.39, 0.29) is 24.8 Å². The van der Waals surface area contributed by atoms with Gasteiger partial charge in [0.1, 0.15) is 5.70 Å². The van der Waals surface area contributed by atoms with Crippen molar-refractivity contribution >= 4 is 17.9 Å². The van der Waals surface area contributed by atoms with Crippen LogP contribution >= 0.6 is 0 Å². The van der Waals surface area contributed by atoms with Crippen LogP contribution in [0.2, 0.25) is 0 Å². The average Bonchev–Trinajstić information content (AvgIpc) is 3.29. The van der Waals surface area contributed by atoms with Crippen molar-refractivity contribution in [3.05, 3.63) is 66.3 Å². The number of furan rings is 1. The average molecular weight is 340 g/mol. The van der Waals surface area contributed by atoms with Crippen LogP contribution in [-0.4, -0.2) is 25.2 Å². The Labute approximate surface area is 143 Å². The zero-order chi connectivity index (χ0) is 17.6. The lowest BCUT2D eigenvalue weighted by Gasteiger charge is -2.09. The van der Waals surface area contributed by atoms with Crippen molar-refractivity contribution in [1.29, 1.82) is 0 Å². The highest BCUT2D eigenvalue weighted by atomic mass is 16.7. The molecule has 2 aromatic rings. The van der Waals surface area contributed by atoms with Crippen molar-refractivity contribution in [3.8, 4) is 11.5 Å². The van der Waals surface area contributed by atoms with E-state index in [9.17, 15) is 9.59 Å². The molecule has 0 fully saturated rings. The molecule has 0 saturated carbocycles. The SMILES string of the molecule is C=CCNC(=O)/C(=C\c1ccc2c(c1)OCO2)NC(=O)c1ccco1. The van der Waals surface area contributed by atoms with Gasteiger partial charge in [0.25, 0.3) is 11.8 Å². The predicted octanol–water partition coefficient (Wildman–Crippen LogP) is 2.08. The van der Waals surface area contributed by atoms with E-state index in [0.717, 1.165) is 0 Å². The minimum absolute atomic E-state index is 0.0714. The second-order valence-corrected chi connectivity index (χ2v) is 5.10. The quantitative estimate of drug-likeness (QED) is 0.621. The topological polar surface area (TPSA) is 89.8 Å². The molecule has 1 aliphatic heterocycles. The molecule has 25 heavy (non-hydrogen) atoms. The second kappa shape index (κ2) is 7.39. The van der Waals surface area contributed by atoms with Gasteiger partial charge in [-0.2, -0.15) is 0 Å². The summed E-state index contributed by atoms with van der Waals surface area (Å²) in [6.45, 7) is 3.98. The maximum Gasteiger partial charge on any atom is 0.291 e. The molecule has 2 N–H and O–H groups in total. The van der Waals surface area contributed by atoms with Crippen LogP contribution in [0.4, 0.5) is 0 Å². The summed E-state index contributed by atoms with van der Waals surface area (Å²) in [6.07, 6.45) is 4.47. The smallest absolute Gasteiger partial charge is 0.291 e. The van der Waals surface area contributed by atoms with E-state index in [1.54, 1.807) is 36.4 Å². The molecule has 2 heterocycles. The van der Waals surface area contributed by atoms with E-state index in [4.69, 9.17) is 13.9 Å². The van der Waals surface area contributed by atoms with Crippen molar-refractivity contribution in [1.82, 2.24) is 10.6 Å². The standard InChI is InChI=1S/C18H16N2O5/c1-2-7-19-17(21)13(20-18(22)15-4-3-8-23-15)9-12-5-6-14-16(10-12)25-11-24-14/h2-6,8-10H,1,7,11H2,(H,19,21)(H,20,22)/b13-9+. The number of hydrogen-bond acceptors (Lipinski definition) is 5. The molecule has 2 amide bonds. The Balaban J connectivity index is 1.85. The van der Waals surface area contributed by atoms with E-state index >= 15 is 0 Å². The lowest BCUT2D eigenvalue weighted by molar-refractivity contribution is -0.117. The van der Waals surface area contributed by atoms with Gasteiger partial charge in [0.05, 0.1) is 6.26 Å². The van der Waals surface area contributed by atoms with E-state index in [1.165, 1.54) is 12.3 Å². The molecule has 0 radical (unpaired) electrons. The van der Waals surface area contributed by atoms with Crippen LogP contribution in [0.5, 0.6) is 11.5 Å². The number of amides is 2. The molecular formula is C18H16N2O5. The van der Waals surface area contributed by atoms with Gasteiger partial charge in [0, 0.05) is 6.54 Å². The number of rotatable bonds is 6. The van der Waals surface area contributed by atoms with Crippen molar-refractivity contribution in [2.75, 3.05) is 13.3 Å². The number of ether oxygens (including phenoxy) is 2. The van der Waals surface area contributed by atoms with Crippen molar-refractivity contribution in [2.45, 2.75) is 0 Å². The van der Waals surface area contributed by atoms with Crippen LogP contribution in [0.1, 0.15) is 16.1 Å². The Morgan fingerprint density at radius 2 is 2.04 bits per heavy atom. The van der Waals surface area contributed by atoms with Gasteiger partial charge in [-0.15, -0.1) is 6.58 Å². The Bertz CT molecular complexity index is 824. The summed E-state index contributed by atoms with van der Waals surface area (Å²) >= 11 is 0. The van der Waals surface area contributed by atoms with Gasteiger partial charge >= 0.3 is 0 Å². The summed E-state index contributed by atoms with van der Waals surface area (Å²) in [5.41, 5.74) is 0.745. The third-order valence-electron chi connectivity index (χ3n) is 3.35. The van der Waals surface area contributed by atoms with Gasteiger partial charge in [-0.25, -0.2) is 0 Å². The van der Waals surface area contributed by atoms with Crippen LogP contribution < -0.4 is 20.1 Å². The fourth-order valence-corrected chi connectivity index (χ4v) is 2.18. The minimum Gasteiger partial charge on any atom is -0.459 e. The molecule has 128 valence electrons. The lowest BCUT2D eigenvalue weighted by Crippen LogP contribution is -2.34. The van der Waals surface area contributed by atoms with E-state index in [0.29, 0.717) is 17.1 Å². The summed E-state index contributed by atoms with van der Waals surface area (Å²) in [7, 11) is 0. The zero-order valence-corrected chi connectivity index (χ0v) is 13.3. The normalized spacial score (nSPS) is 12.6. The molecule has 3 rings (SSSR count). The first-order valence-corrected chi connectivity index (χ1v) is 7.52. The number of carbonyl (C=O) groups excluding carboxylic acids is 2.